The van der Waals surface area contributed by atoms with Gasteiger partial charge in [-0.25, -0.2) is 0 Å². The molecule has 0 radical (unpaired) electrons. The standard InChI is InChI=1S/C18H21NO5/c1-21-14-6-4-5-13(17(14)23-3)12-9-10-19(11-12)18(20)15-7-8-16(22-2)24-15/h4-8,12H,9-11H2,1-3H3/t12-/m1/s1. The first-order valence-electron chi connectivity index (χ1n) is 7.82. The monoisotopic (exact) mass is 331 g/mol. The fourth-order valence-electron chi connectivity index (χ4n) is 3.13. The summed E-state index contributed by atoms with van der Waals surface area (Å²) < 4.78 is 21.2. The lowest BCUT2D eigenvalue weighted by Gasteiger charge is -2.18. The van der Waals surface area contributed by atoms with Gasteiger partial charge in [-0.3, -0.25) is 4.79 Å². The Balaban J connectivity index is 1.77. The lowest BCUT2D eigenvalue weighted by atomic mass is 9.97. The lowest BCUT2D eigenvalue weighted by Crippen LogP contribution is -2.28. The summed E-state index contributed by atoms with van der Waals surface area (Å²) in [6.45, 7) is 1.29. The fourth-order valence-corrected chi connectivity index (χ4v) is 3.13. The number of carbonyl (C=O) groups excluding carboxylic acids is 1. The Hall–Kier alpha value is -2.63. The second-order valence-electron chi connectivity index (χ2n) is 5.64. The van der Waals surface area contributed by atoms with E-state index in [1.807, 2.05) is 18.2 Å². The van der Waals surface area contributed by atoms with Crippen LogP contribution in [0, 0.1) is 0 Å². The summed E-state index contributed by atoms with van der Waals surface area (Å²) >= 11 is 0. The van der Waals surface area contributed by atoms with Crippen molar-refractivity contribution < 1.29 is 23.4 Å². The van der Waals surface area contributed by atoms with Crippen molar-refractivity contribution in [2.45, 2.75) is 12.3 Å². The van der Waals surface area contributed by atoms with Crippen molar-refractivity contribution in [1.82, 2.24) is 4.90 Å². The minimum Gasteiger partial charge on any atom is -0.493 e. The van der Waals surface area contributed by atoms with E-state index in [1.165, 1.54) is 7.11 Å². The van der Waals surface area contributed by atoms with Crippen molar-refractivity contribution in [3.63, 3.8) is 0 Å². The first-order valence-corrected chi connectivity index (χ1v) is 7.82. The van der Waals surface area contributed by atoms with Gasteiger partial charge in [-0.15, -0.1) is 0 Å². The zero-order valence-electron chi connectivity index (χ0n) is 14.1. The Kier molecular flexibility index (Phi) is 4.64. The highest BCUT2D eigenvalue weighted by Gasteiger charge is 2.31. The van der Waals surface area contributed by atoms with Crippen molar-refractivity contribution in [2.24, 2.45) is 0 Å². The van der Waals surface area contributed by atoms with Crippen molar-refractivity contribution >= 4 is 5.91 Å². The molecule has 3 rings (SSSR count). The Labute approximate surface area is 140 Å². The van der Waals surface area contributed by atoms with Gasteiger partial charge in [0.1, 0.15) is 0 Å². The Morgan fingerprint density at radius 3 is 2.62 bits per heavy atom. The molecule has 1 aliphatic heterocycles. The first-order chi connectivity index (χ1) is 11.7. The number of hydrogen-bond acceptors (Lipinski definition) is 5. The van der Waals surface area contributed by atoms with E-state index in [4.69, 9.17) is 18.6 Å². The van der Waals surface area contributed by atoms with Crippen LogP contribution in [0.5, 0.6) is 17.4 Å². The van der Waals surface area contributed by atoms with E-state index in [0.29, 0.717) is 30.5 Å². The van der Waals surface area contributed by atoms with Crippen molar-refractivity contribution in [1.29, 1.82) is 0 Å². The molecule has 0 unspecified atom stereocenters. The number of ether oxygens (including phenoxy) is 3. The molecule has 0 aliphatic carbocycles. The molecule has 0 N–H and O–H groups in total. The average Bonchev–Trinajstić information content (AvgIpc) is 3.29. The van der Waals surface area contributed by atoms with Crippen LogP contribution in [-0.2, 0) is 0 Å². The Morgan fingerprint density at radius 2 is 1.96 bits per heavy atom. The molecule has 24 heavy (non-hydrogen) atoms. The molecule has 1 aliphatic rings. The van der Waals surface area contributed by atoms with Crippen LogP contribution in [0.2, 0.25) is 0 Å². The van der Waals surface area contributed by atoms with Crippen molar-refractivity contribution in [3.05, 3.63) is 41.7 Å². The SMILES string of the molecule is COc1ccc(C(=O)N2CC[C@@H](c3cccc(OC)c3OC)C2)o1. The van der Waals surface area contributed by atoms with Gasteiger partial charge in [-0.2, -0.15) is 0 Å². The molecule has 1 amide bonds. The van der Waals surface area contributed by atoms with E-state index in [9.17, 15) is 4.79 Å². The molecule has 2 aromatic rings. The maximum absolute atomic E-state index is 12.6. The summed E-state index contributed by atoms with van der Waals surface area (Å²) in [7, 11) is 4.76. The van der Waals surface area contributed by atoms with Gasteiger partial charge >= 0.3 is 0 Å². The van der Waals surface area contributed by atoms with E-state index in [0.717, 1.165) is 17.7 Å². The molecule has 128 valence electrons. The van der Waals surface area contributed by atoms with E-state index < -0.39 is 0 Å². The van der Waals surface area contributed by atoms with Crippen molar-refractivity contribution in [3.8, 4) is 17.4 Å². The molecule has 1 aromatic carbocycles. The number of para-hydroxylation sites is 1. The minimum absolute atomic E-state index is 0.123. The number of likely N-dealkylation sites (tertiary alicyclic amines) is 1. The van der Waals surface area contributed by atoms with Crippen LogP contribution in [0.1, 0.15) is 28.5 Å². The van der Waals surface area contributed by atoms with Crippen molar-refractivity contribution in [2.75, 3.05) is 34.4 Å². The fraction of sp³-hybridized carbons (Fsp3) is 0.389. The molecule has 6 heteroatoms. The molecule has 1 atom stereocenters. The number of methoxy groups -OCH3 is 3. The summed E-state index contributed by atoms with van der Waals surface area (Å²) in [5.41, 5.74) is 1.06. The number of rotatable bonds is 5. The molecule has 6 nitrogen and oxygen atoms in total. The van der Waals surface area contributed by atoms with Crippen LogP contribution in [0.25, 0.3) is 0 Å². The Bertz CT molecular complexity index is 724. The minimum atomic E-state index is -0.123. The van der Waals surface area contributed by atoms with Gasteiger partial charge in [-0.1, -0.05) is 12.1 Å². The Morgan fingerprint density at radius 1 is 1.12 bits per heavy atom. The highest BCUT2D eigenvalue weighted by Crippen LogP contribution is 2.39. The normalized spacial score (nSPS) is 17.0. The second-order valence-corrected chi connectivity index (χ2v) is 5.64. The van der Waals surface area contributed by atoms with E-state index >= 15 is 0 Å². The lowest BCUT2D eigenvalue weighted by molar-refractivity contribution is 0.0752. The third-order valence-corrected chi connectivity index (χ3v) is 4.34. The van der Waals surface area contributed by atoms with Gasteiger partial charge < -0.3 is 23.5 Å². The molecular weight excluding hydrogens is 310 g/mol. The van der Waals surface area contributed by atoms with Gasteiger partial charge in [-0.05, 0) is 18.6 Å². The van der Waals surface area contributed by atoms with Crippen LogP contribution in [-0.4, -0.2) is 45.2 Å². The van der Waals surface area contributed by atoms with Gasteiger partial charge in [0, 0.05) is 30.6 Å². The van der Waals surface area contributed by atoms with E-state index in [1.54, 1.807) is 31.3 Å². The van der Waals surface area contributed by atoms with Gasteiger partial charge in [0.05, 0.1) is 21.3 Å². The third-order valence-electron chi connectivity index (χ3n) is 4.34. The largest absolute Gasteiger partial charge is 0.493 e. The zero-order chi connectivity index (χ0) is 17.1. The molecule has 1 aromatic heterocycles. The number of carbonyl (C=O) groups is 1. The van der Waals surface area contributed by atoms with Gasteiger partial charge in [0.15, 0.2) is 17.3 Å². The van der Waals surface area contributed by atoms with E-state index in [2.05, 4.69) is 0 Å². The number of nitrogens with zero attached hydrogens (tertiary/aromatic N) is 1. The topological polar surface area (TPSA) is 61.1 Å². The highest BCUT2D eigenvalue weighted by atomic mass is 16.6. The summed E-state index contributed by atoms with van der Waals surface area (Å²) in [6, 6.07) is 9.12. The number of benzene rings is 1. The average molecular weight is 331 g/mol. The molecule has 2 heterocycles. The molecular formula is C18H21NO5. The number of hydrogen-bond donors (Lipinski definition) is 0. The third kappa shape index (κ3) is 2.91. The van der Waals surface area contributed by atoms with E-state index in [-0.39, 0.29) is 11.8 Å². The van der Waals surface area contributed by atoms with Gasteiger partial charge in [0.2, 0.25) is 0 Å². The molecule has 1 saturated heterocycles. The quantitative estimate of drug-likeness (QED) is 0.843. The molecule has 0 bridgehead atoms. The summed E-state index contributed by atoms with van der Waals surface area (Å²) in [5, 5.41) is 0. The maximum atomic E-state index is 12.6. The van der Waals surface area contributed by atoms with Crippen LogP contribution in [0.15, 0.2) is 34.7 Å². The molecule has 1 fully saturated rings. The molecule has 0 saturated carbocycles. The summed E-state index contributed by atoms with van der Waals surface area (Å²) in [6.07, 6.45) is 0.868. The summed E-state index contributed by atoms with van der Waals surface area (Å²) in [5.74, 6) is 2.15. The smallest absolute Gasteiger partial charge is 0.289 e. The predicted molar refractivity (Wildman–Crippen MR) is 88.1 cm³/mol. The first kappa shape index (κ1) is 16.2. The van der Waals surface area contributed by atoms with Gasteiger partial charge in [0.25, 0.3) is 11.9 Å². The highest BCUT2D eigenvalue weighted by molar-refractivity contribution is 5.92. The summed E-state index contributed by atoms with van der Waals surface area (Å²) in [4.78, 5) is 14.3. The maximum Gasteiger partial charge on any atom is 0.289 e. The molecule has 0 spiro atoms. The number of furan rings is 1. The van der Waals surface area contributed by atoms with Crippen LogP contribution >= 0.6 is 0 Å². The van der Waals surface area contributed by atoms with Crippen LogP contribution in [0.4, 0.5) is 0 Å². The van der Waals surface area contributed by atoms with Crippen LogP contribution < -0.4 is 14.2 Å². The number of amides is 1. The van der Waals surface area contributed by atoms with Crippen LogP contribution in [0.3, 0.4) is 0 Å². The zero-order valence-corrected chi connectivity index (χ0v) is 14.1. The second kappa shape index (κ2) is 6.86. The predicted octanol–water partition coefficient (Wildman–Crippen LogP) is 2.94.